The van der Waals surface area contributed by atoms with Crippen LogP contribution in [0.15, 0.2) is 60.2 Å². The minimum atomic E-state index is 0.563. The number of anilines is 1. The second kappa shape index (κ2) is 10.6. The number of fused-ring (bicyclic) bond motifs is 1. The van der Waals surface area contributed by atoms with Gasteiger partial charge in [0.2, 0.25) is 0 Å². The van der Waals surface area contributed by atoms with Gasteiger partial charge in [-0.05, 0) is 60.9 Å². The summed E-state index contributed by atoms with van der Waals surface area (Å²) >= 11 is 0. The Labute approximate surface area is 211 Å². The van der Waals surface area contributed by atoms with Crippen LogP contribution in [0.4, 0.5) is 11.4 Å². The highest BCUT2D eigenvalue weighted by Gasteiger charge is 2.30. The van der Waals surface area contributed by atoms with Gasteiger partial charge >= 0.3 is 0 Å². The Balaban J connectivity index is 1.72. The lowest BCUT2D eigenvalue weighted by atomic mass is 9.89. The van der Waals surface area contributed by atoms with Crippen molar-refractivity contribution in [2.24, 2.45) is 4.99 Å². The first-order valence-corrected chi connectivity index (χ1v) is 13.0. The number of hydrogen-bond donors (Lipinski definition) is 0. The van der Waals surface area contributed by atoms with Gasteiger partial charge < -0.3 is 14.4 Å². The molecule has 1 saturated heterocycles. The van der Waals surface area contributed by atoms with Crippen molar-refractivity contribution in [3.63, 3.8) is 0 Å². The maximum atomic E-state index is 4.38. The zero-order valence-corrected chi connectivity index (χ0v) is 22.0. The highest BCUT2D eigenvalue weighted by atomic mass is 15.2. The lowest BCUT2D eigenvalue weighted by Crippen LogP contribution is -2.43. The molecule has 0 radical (unpaired) electrons. The first kappa shape index (κ1) is 24.8. The fraction of sp³-hybridized carbons (Fsp3) is 0.387. The molecule has 4 rings (SSSR count). The summed E-state index contributed by atoms with van der Waals surface area (Å²) in [6.07, 6.45) is 4.95. The minimum absolute atomic E-state index is 0.563. The van der Waals surface area contributed by atoms with Crippen LogP contribution < -0.4 is 4.90 Å². The summed E-state index contributed by atoms with van der Waals surface area (Å²) < 4.78 is 2.56. The normalized spacial score (nSPS) is 13.7. The highest BCUT2D eigenvalue weighted by molar-refractivity contribution is 5.85. The maximum absolute atomic E-state index is 4.38. The van der Waals surface area contributed by atoms with Crippen molar-refractivity contribution in [2.45, 2.75) is 59.0 Å². The van der Waals surface area contributed by atoms with Crippen LogP contribution in [-0.2, 0) is 19.5 Å². The van der Waals surface area contributed by atoms with Crippen molar-refractivity contribution in [3.05, 3.63) is 77.6 Å². The van der Waals surface area contributed by atoms with Crippen LogP contribution in [0.2, 0.25) is 0 Å². The van der Waals surface area contributed by atoms with Crippen LogP contribution in [0.1, 0.15) is 61.9 Å². The SMILES string of the molecule is C=Cc1cc(CC)c(N(C)Cc2cc3cccc(C4CN(C(=C)CC)C4)c3n2CCC)c(N=C)c1. The molecular formula is C31H40N4. The van der Waals surface area contributed by atoms with E-state index in [4.69, 9.17) is 0 Å². The second-order valence-corrected chi connectivity index (χ2v) is 9.71. The zero-order valence-electron chi connectivity index (χ0n) is 22.0. The molecule has 35 heavy (non-hydrogen) atoms. The summed E-state index contributed by atoms with van der Waals surface area (Å²) in [5, 5.41) is 1.34. The quantitative estimate of drug-likeness (QED) is 0.271. The molecule has 0 unspecified atom stereocenters. The molecule has 1 aliphatic heterocycles. The molecule has 4 heteroatoms. The molecule has 0 aliphatic carbocycles. The predicted octanol–water partition coefficient (Wildman–Crippen LogP) is 7.55. The number of aliphatic imine (C=N–C) groups is 1. The van der Waals surface area contributed by atoms with Gasteiger partial charge in [0.05, 0.1) is 23.4 Å². The Morgan fingerprint density at radius 3 is 2.57 bits per heavy atom. The summed E-state index contributed by atoms with van der Waals surface area (Å²) in [6.45, 7) is 22.7. The average molecular weight is 469 g/mol. The molecule has 2 heterocycles. The van der Waals surface area contributed by atoms with Crippen molar-refractivity contribution in [1.29, 1.82) is 0 Å². The third kappa shape index (κ3) is 4.67. The maximum Gasteiger partial charge on any atom is 0.0864 e. The van der Waals surface area contributed by atoms with E-state index in [0.717, 1.165) is 62.4 Å². The van der Waals surface area contributed by atoms with E-state index in [1.165, 1.54) is 33.4 Å². The molecule has 0 amide bonds. The number of benzene rings is 2. The largest absolute Gasteiger partial charge is 0.374 e. The number of hydrogen-bond acceptors (Lipinski definition) is 3. The van der Waals surface area contributed by atoms with Crippen molar-refractivity contribution < 1.29 is 0 Å². The smallest absolute Gasteiger partial charge is 0.0864 e. The van der Waals surface area contributed by atoms with Crippen LogP contribution in [-0.4, -0.2) is 36.3 Å². The van der Waals surface area contributed by atoms with Gasteiger partial charge in [0.15, 0.2) is 0 Å². The molecule has 1 aliphatic rings. The molecule has 0 bridgehead atoms. The second-order valence-electron chi connectivity index (χ2n) is 9.71. The van der Waals surface area contributed by atoms with Gasteiger partial charge in [-0.3, -0.25) is 4.99 Å². The van der Waals surface area contributed by atoms with Crippen LogP contribution in [0.5, 0.6) is 0 Å². The van der Waals surface area contributed by atoms with E-state index in [9.17, 15) is 0 Å². The van der Waals surface area contributed by atoms with Crippen LogP contribution in [0, 0.1) is 0 Å². The van der Waals surface area contributed by atoms with Gasteiger partial charge in [-0.2, -0.15) is 0 Å². The monoisotopic (exact) mass is 468 g/mol. The first-order valence-electron chi connectivity index (χ1n) is 13.0. The van der Waals surface area contributed by atoms with E-state index < -0.39 is 0 Å². The zero-order chi connectivity index (χ0) is 25.1. The summed E-state index contributed by atoms with van der Waals surface area (Å²) in [5.74, 6) is 0.563. The molecule has 1 fully saturated rings. The van der Waals surface area contributed by atoms with Gasteiger partial charge in [-0.25, -0.2) is 0 Å². The molecule has 0 N–H and O–H groups in total. The van der Waals surface area contributed by atoms with Crippen molar-refractivity contribution in [3.8, 4) is 0 Å². The van der Waals surface area contributed by atoms with Crippen molar-refractivity contribution in [1.82, 2.24) is 9.47 Å². The lowest BCUT2D eigenvalue weighted by molar-refractivity contribution is 0.195. The number of aryl methyl sites for hydroxylation is 2. The van der Waals surface area contributed by atoms with E-state index >= 15 is 0 Å². The van der Waals surface area contributed by atoms with E-state index in [2.05, 4.69) is 103 Å². The predicted molar refractivity (Wildman–Crippen MR) is 153 cm³/mol. The Kier molecular flexibility index (Phi) is 7.49. The molecule has 3 aromatic rings. The standard InChI is InChI=1S/C31H40N4/c1-8-15-35-27(21-33(7)31-24(11-4)16-23(10-3)17-29(31)32-6)18-25-13-12-14-28(30(25)35)26-19-34(20-26)22(5)9-2/h10,12-14,16-18,26H,3,5-6,8-9,11,15,19-21H2,1-2,4,7H3. The summed E-state index contributed by atoms with van der Waals surface area (Å²) in [7, 11) is 2.17. The van der Waals surface area contributed by atoms with Gasteiger partial charge in [-0.15, -0.1) is 0 Å². The van der Waals surface area contributed by atoms with Gasteiger partial charge in [0.25, 0.3) is 0 Å². The number of rotatable bonds is 11. The van der Waals surface area contributed by atoms with E-state index in [-0.39, 0.29) is 0 Å². The fourth-order valence-corrected chi connectivity index (χ4v) is 5.48. The number of nitrogens with zero attached hydrogens (tertiary/aromatic N) is 4. The molecule has 0 spiro atoms. The Bertz CT molecular complexity index is 1240. The summed E-state index contributed by atoms with van der Waals surface area (Å²) in [5.41, 5.74) is 9.92. The molecule has 2 aromatic carbocycles. The molecule has 4 nitrogen and oxygen atoms in total. The van der Waals surface area contributed by atoms with Gasteiger partial charge in [0.1, 0.15) is 0 Å². The Morgan fingerprint density at radius 2 is 1.94 bits per heavy atom. The Morgan fingerprint density at radius 1 is 1.17 bits per heavy atom. The third-order valence-corrected chi connectivity index (χ3v) is 7.42. The molecule has 184 valence electrons. The number of para-hydroxylation sites is 1. The summed E-state index contributed by atoms with van der Waals surface area (Å²) in [4.78, 5) is 9.14. The minimum Gasteiger partial charge on any atom is -0.374 e. The Hall–Kier alpha value is -3.27. The van der Waals surface area contributed by atoms with Crippen molar-refractivity contribution in [2.75, 3.05) is 25.0 Å². The summed E-state index contributed by atoms with van der Waals surface area (Å²) in [6, 6.07) is 13.5. The number of aromatic nitrogens is 1. The lowest BCUT2D eigenvalue weighted by Gasteiger charge is -2.42. The number of likely N-dealkylation sites (tertiary alicyclic amines) is 1. The van der Waals surface area contributed by atoms with Crippen LogP contribution >= 0.6 is 0 Å². The molecule has 0 saturated carbocycles. The molecule has 0 atom stereocenters. The third-order valence-electron chi connectivity index (χ3n) is 7.42. The average Bonchev–Trinajstić information content (AvgIpc) is 3.19. The van der Waals surface area contributed by atoms with E-state index in [1.807, 2.05) is 6.08 Å². The first-order chi connectivity index (χ1) is 16.9. The number of allylic oxidation sites excluding steroid dienone is 1. The van der Waals surface area contributed by atoms with Crippen LogP contribution in [0.25, 0.3) is 17.0 Å². The topological polar surface area (TPSA) is 23.8 Å². The van der Waals surface area contributed by atoms with Crippen molar-refractivity contribution >= 4 is 35.1 Å². The van der Waals surface area contributed by atoms with Gasteiger partial charge in [0, 0.05) is 49.4 Å². The fourth-order valence-electron chi connectivity index (χ4n) is 5.48. The highest BCUT2D eigenvalue weighted by Crippen LogP contribution is 2.38. The molecular weight excluding hydrogens is 428 g/mol. The molecule has 1 aromatic heterocycles. The van der Waals surface area contributed by atoms with E-state index in [0.29, 0.717) is 5.92 Å². The van der Waals surface area contributed by atoms with E-state index in [1.54, 1.807) is 0 Å². The van der Waals surface area contributed by atoms with Gasteiger partial charge in [-0.1, -0.05) is 58.2 Å². The van der Waals surface area contributed by atoms with Crippen LogP contribution in [0.3, 0.4) is 0 Å².